The van der Waals surface area contributed by atoms with E-state index < -0.39 is 30.7 Å². The Bertz CT molecular complexity index is 147. The molecule has 0 bridgehead atoms. The first-order valence-corrected chi connectivity index (χ1v) is 5.42. The molecule has 5 atom stereocenters. The maximum atomic E-state index is 9.43. The van der Waals surface area contributed by atoms with Crippen LogP contribution < -0.4 is 0 Å². The third-order valence-electron chi connectivity index (χ3n) is 2.05. The first kappa shape index (κ1) is 11.6. The first-order valence-electron chi connectivity index (χ1n) is 3.90. The van der Waals surface area contributed by atoms with Gasteiger partial charge in [0.1, 0.15) is 18.3 Å². The highest BCUT2D eigenvalue weighted by Gasteiger charge is 2.43. The Hall–Kier alpha value is 0.530. The molecule has 1 rings (SSSR count). The molecule has 0 saturated carbocycles. The number of hydrogen-bond acceptors (Lipinski definition) is 5. The maximum absolute atomic E-state index is 9.43. The predicted molar refractivity (Wildman–Crippen MR) is 52.6 cm³/mol. The van der Waals surface area contributed by atoms with Crippen molar-refractivity contribution in [1.82, 2.24) is 0 Å². The molecule has 3 N–H and O–H groups in total. The standard InChI is InChI=1S/C7H13IO5/c1-12-7-6(11)5(10)4(9)3(2-8)13-7/h3-7,9-11H,2H2,1H3/t3?,4-,5+,6-,7-/m1/s1. The van der Waals surface area contributed by atoms with Crippen LogP contribution in [0.5, 0.6) is 0 Å². The van der Waals surface area contributed by atoms with Crippen LogP contribution in [-0.2, 0) is 9.47 Å². The number of hydrogen-bond donors (Lipinski definition) is 3. The van der Waals surface area contributed by atoms with E-state index in [0.717, 1.165) is 0 Å². The Morgan fingerprint density at radius 3 is 2.31 bits per heavy atom. The molecule has 0 spiro atoms. The highest BCUT2D eigenvalue weighted by molar-refractivity contribution is 14.1. The van der Waals surface area contributed by atoms with Crippen molar-refractivity contribution in [2.24, 2.45) is 0 Å². The molecule has 1 aliphatic rings. The zero-order valence-corrected chi connectivity index (χ0v) is 9.29. The van der Waals surface area contributed by atoms with Crippen molar-refractivity contribution in [3.63, 3.8) is 0 Å². The van der Waals surface area contributed by atoms with Gasteiger partial charge in [0.05, 0.1) is 6.10 Å². The largest absolute Gasteiger partial charge is 0.388 e. The van der Waals surface area contributed by atoms with Crippen molar-refractivity contribution in [2.75, 3.05) is 11.5 Å². The average Bonchev–Trinajstić information content (AvgIpc) is 2.15. The summed E-state index contributed by atoms with van der Waals surface area (Å²) in [5, 5.41) is 28.2. The second kappa shape index (κ2) is 4.85. The summed E-state index contributed by atoms with van der Waals surface area (Å²) in [5.74, 6) is 0. The van der Waals surface area contributed by atoms with E-state index in [1.807, 2.05) is 22.6 Å². The molecule has 0 aromatic carbocycles. The second-order valence-corrected chi connectivity index (χ2v) is 3.79. The van der Waals surface area contributed by atoms with E-state index in [-0.39, 0.29) is 0 Å². The smallest absolute Gasteiger partial charge is 0.186 e. The van der Waals surface area contributed by atoms with Crippen molar-refractivity contribution in [1.29, 1.82) is 0 Å². The fraction of sp³-hybridized carbons (Fsp3) is 1.00. The molecule has 0 aliphatic carbocycles. The number of methoxy groups -OCH3 is 1. The molecular formula is C7H13IO5. The summed E-state index contributed by atoms with van der Waals surface area (Å²) in [4.78, 5) is 0. The molecule has 5 nitrogen and oxygen atoms in total. The van der Waals surface area contributed by atoms with Gasteiger partial charge >= 0.3 is 0 Å². The van der Waals surface area contributed by atoms with Gasteiger partial charge in [-0.05, 0) is 0 Å². The Balaban J connectivity index is 2.66. The molecule has 0 aromatic rings. The van der Waals surface area contributed by atoms with Gasteiger partial charge in [-0.15, -0.1) is 0 Å². The van der Waals surface area contributed by atoms with Gasteiger partial charge in [0.15, 0.2) is 6.29 Å². The van der Waals surface area contributed by atoms with Crippen LogP contribution in [-0.4, -0.2) is 57.6 Å². The molecule has 1 fully saturated rings. The third-order valence-corrected chi connectivity index (χ3v) is 2.92. The molecular weight excluding hydrogens is 291 g/mol. The van der Waals surface area contributed by atoms with Crippen LogP contribution in [0.2, 0.25) is 0 Å². The van der Waals surface area contributed by atoms with Crippen molar-refractivity contribution >= 4 is 22.6 Å². The molecule has 78 valence electrons. The van der Waals surface area contributed by atoms with Crippen LogP contribution in [0.3, 0.4) is 0 Å². The minimum absolute atomic E-state index is 0.496. The molecule has 1 aliphatic heterocycles. The van der Waals surface area contributed by atoms with E-state index >= 15 is 0 Å². The number of ether oxygens (including phenoxy) is 2. The summed E-state index contributed by atoms with van der Waals surface area (Å²) in [5.41, 5.74) is 0. The van der Waals surface area contributed by atoms with E-state index in [4.69, 9.17) is 9.47 Å². The average molecular weight is 304 g/mol. The van der Waals surface area contributed by atoms with Gasteiger partial charge < -0.3 is 24.8 Å². The minimum Gasteiger partial charge on any atom is -0.388 e. The van der Waals surface area contributed by atoms with Gasteiger partial charge in [-0.25, -0.2) is 0 Å². The zero-order valence-electron chi connectivity index (χ0n) is 7.13. The van der Waals surface area contributed by atoms with Gasteiger partial charge in [0.2, 0.25) is 0 Å². The van der Waals surface area contributed by atoms with E-state index in [2.05, 4.69) is 0 Å². The van der Waals surface area contributed by atoms with Gasteiger partial charge in [0, 0.05) is 11.5 Å². The molecule has 1 unspecified atom stereocenters. The van der Waals surface area contributed by atoms with Crippen LogP contribution in [0.4, 0.5) is 0 Å². The Morgan fingerprint density at radius 1 is 1.23 bits per heavy atom. The fourth-order valence-corrected chi connectivity index (χ4v) is 1.97. The minimum atomic E-state index is -1.21. The van der Waals surface area contributed by atoms with Crippen LogP contribution in [0.15, 0.2) is 0 Å². The van der Waals surface area contributed by atoms with Gasteiger partial charge in [0.25, 0.3) is 0 Å². The topological polar surface area (TPSA) is 79.2 Å². The number of halogens is 1. The summed E-state index contributed by atoms with van der Waals surface area (Å²) in [7, 11) is 1.38. The summed E-state index contributed by atoms with van der Waals surface area (Å²) in [6.45, 7) is 0. The van der Waals surface area contributed by atoms with Crippen LogP contribution in [0.25, 0.3) is 0 Å². The highest BCUT2D eigenvalue weighted by Crippen LogP contribution is 2.22. The molecule has 0 radical (unpaired) electrons. The predicted octanol–water partition coefficient (Wildman–Crippen LogP) is -1.12. The monoisotopic (exact) mass is 304 g/mol. The number of aliphatic hydroxyl groups excluding tert-OH is 3. The van der Waals surface area contributed by atoms with Crippen molar-refractivity contribution in [3.8, 4) is 0 Å². The number of aliphatic hydroxyl groups is 3. The van der Waals surface area contributed by atoms with Gasteiger partial charge in [-0.1, -0.05) is 22.6 Å². The lowest BCUT2D eigenvalue weighted by Crippen LogP contribution is -2.58. The van der Waals surface area contributed by atoms with Gasteiger partial charge in [-0.3, -0.25) is 0 Å². The van der Waals surface area contributed by atoms with E-state index in [1.165, 1.54) is 7.11 Å². The summed E-state index contributed by atoms with van der Waals surface area (Å²) in [6.07, 6.45) is -4.82. The first-order chi connectivity index (χ1) is 6.11. The van der Waals surface area contributed by atoms with E-state index in [0.29, 0.717) is 4.43 Å². The molecule has 0 aromatic heterocycles. The van der Waals surface area contributed by atoms with Crippen LogP contribution >= 0.6 is 22.6 Å². The lowest BCUT2D eigenvalue weighted by atomic mass is 10.0. The lowest BCUT2D eigenvalue weighted by Gasteiger charge is -2.39. The third kappa shape index (κ3) is 2.31. The number of rotatable bonds is 2. The highest BCUT2D eigenvalue weighted by atomic mass is 127. The summed E-state index contributed by atoms with van der Waals surface area (Å²) >= 11 is 2.03. The lowest BCUT2D eigenvalue weighted by molar-refractivity contribution is -0.284. The second-order valence-electron chi connectivity index (χ2n) is 2.90. The zero-order chi connectivity index (χ0) is 10.0. The van der Waals surface area contributed by atoms with Crippen molar-refractivity contribution in [2.45, 2.75) is 30.7 Å². The molecule has 13 heavy (non-hydrogen) atoms. The summed E-state index contributed by atoms with van der Waals surface area (Å²) < 4.78 is 10.5. The van der Waals surface area contributed by atoms with Crippen LogP contribution in [0.1, 0.15) is 0 Å². The summed E-state index contributed by atoms with van der Waals surface area (Å²) in [6, 6.07) is 0. The Labute approximate surface area is 89.8 Å². The molecule has 6 heteroatoms. The normalized spacial score (nSPS) is 46.4. The van der Waals surface area contributed by atoms with Crippen LogP contribution in [0, 0.1) is 0 Å². The van der Waals surface area contributed by atoms with E-state index in [1.54, 1.807) is 0 Å². The van der Waals surface area contributed by atoms with Crippen molar-refractivity contribution < 1.29 is 24.8 Å². The van der Waals surface area contributed by atoms with Gasteiger partial charge in [-0.2, -0.15) is 0 Å². The Kier molecular flexibility index (Phi) is 4.33. The SMILES string of the molecule is CO[C@@H]1OC(CI)[C@@H](O)[C@H](O)[C@H]1O. The van der Waals surface area contributed by atoms with E-state index in [9.17, 15) is 15.3 Å². The molecule has 0 amide bonds. The Morgan fingerprint density at radius 2 is 1.85 bits per heavy atom. The number of alkyl halides is 1. The maximum Gasteiger partial charge on any atom is 0.186 e. The molecule has 1 heterocycles. The quantitative estimate of drug-likeness (QED) is 0.445. The molecule has 1 saturated heterocycles. The fourth-order valence-electron chi connectivity index (χ4n) is 1.24. The van der Waals surface area contributed by atoms with Crippen molar-refractivity contribution in [3.05, 3.63) is 0 Å².